The average molecular weight is 389 g/mol. The molecule has 9 nitrogen and oxygen atoms in total. The third-order valence-electron chi connectivity index (χ3n) is 3.40. The van der Waals surface area contributed by atoms with Crippen molar-refractivity contribution in [3.63, 3.8) is 0 Å². The number of aromatic amines is 2. The fourth-order valence-corrected chi connectivity index (χ4v) is 4.05. The molecule has 0 atom stereocenters. The number of amides is 1. The van der Waals surface area contributed by atoms with E-state index in [2.05, 4.69) is 19.9 Å². The van der Waals surface area contributed by atoms with Crippen molar-refractivity contribution < 1.29 is 9.59 Å². The first-order valence-corrected chi connectivity index (χ1v) is 8.86. The maximum Gasteiger partial charge on any atom is 0.260 e. The van der Waals surface area contributed by atoms with Crippen LogP contribution < -0.4 is 16.9 Å². The first-order valence-electron chi connectivity index (χ1n) is 7.10. The van der Waals surface area contributed by atoms with Crippen LogP contribution in [-0.2, 0) is 0 Å². The van der Waals surface area contributed by atoms with E-state index < -0.39 is 5.91 Å². The minimum Gasteiger partial charge on any atom is -0.366 e. The van der Waals surface area contributed by atoms with Crippen LogP contribution in [0, 0.1) is 0 Å². The van der Waals surface area contributed by atoms with Crippen LogP contribution in [0.1, 0.15) is 27.6 Å². The summed E-state index contributed by atoms with van der Waals surface area (Å²) in [7, 11) is 0. The van der Waals surface area contributed by atoms with E-state index in [0.717, 1.165) is 0 Å². The molecule has 4 heterocycles. The lowest BCUT2D eigenvalue weighted by Crippen LogP contribution is -2.14. The summed E-state index contributed by atoms with van der Waals surface area (Å²) in [4.78, 5) is 58.4. The Bertz CT molecular complexity index is 1150. The Labute approximate surface area is 152 Å². The summed E-state index contributed by atoms with van der Waals surface area (Å²) in [6.07, 6.45) is 2.64. The molecule has 26 heavy (non-hydrogen) atoms. The van der Waals surface area contributed by atoms with Crippen LogP contribution in [-0.4, -0.2) is 31.6 Å². The minimum absolute atomic E-state index is 0.107. The van der Waals surface area contributed by atoms with Crippen molar-refractivity contribution in [2.24, 2.45) is 5.73 Å². The normalized spacial score (nSPS) is 10.5. The van der Waals surface area contributed by atoms with Gasteiger partial charge in [0.2, 0.25) is 5.91 Å². The first kappa shape index (κ1) is 17.6. The van der Waals surface area contributed by atoms with Gasteiger partial charge in [0.15, 0.2) is 5.78 Å². The summed E-state index contributed by atoms with van der Waals surface area (Å²) in [5.74, 6) is -0.713. The fourth-order valence-electron chi connectivity index (χ4n) is 2.21. The van der Waals surface area contributed by atoms with Gasteiger partial charge in [-0.1, -0.05) is 0 Å². The third kappa shape index (κ3) is 3.17. The second kappa shape index (κ2) is 6.98. The maximum absolute atomic E-state index is 11.3. The number of hydrogen-bond donors (Lipinski definition) is 3. The van der Waals surface area contributed by atoms with Gasteiger partial charge in [0, 0.05) is 16.3 Å². The smallest absolute Gasteiger partial charge is 0.260 e. The van der Waals surface area contributed by atoms with E-state index >= 15 is 0 Å². The fraction of sp³-hybridized carbons (Fsp3) is 0.0667. The highest BCUT2D eigenvalue weighted by atomic mass is 32.1. The van der Waals surface area contributed by atoms with Gasteiger partial charge in [-0.3, -0.25) is 19.2 Å². The molecule has 0 fully saturated rings. The lowest BCUT2D eigenvalue weighted by Gasteiger charge is -1.89. The Morgan fingerprint density at radius 1 is 0.923 bits per heavy atom. The van der Waals surface area contributed by atoms with Gasteiger partial charge in [0.1, 0.15) is 9.66 Å². The highest BCUT2D eigenvalue weighted by Crippen LogP contribution is 2.20. The second-order valence-corrected chi connectivity index (χ2v) is 6.76. The number of nitrogens with one attached hydrogen (secondary N) is 2. The number of Topliss-reactive ketones (excluding diaryl/α,β-unsaturated/α-hetero) is 1. The topological polar surface area (TPSA) is 152 Å². The molecule has 132 valence electrons. The van der Waals surface area contributed by atoms with E-state index in [1.807, 2.05) is 0 Å². The molecular weight excluding hydrogens is 378 g/mol. The zero-order valence-corrected chi connectivity index (χ0v) is 14.9. The Hall–Kier alpha value is -3.18. The lowest BCUT2D eigenvalue weighted by atomic mass is 10.2. The van der Waals surface area contributed by atoms with Gasteiger partial charge in [-0.25, -0.2) is 9.97 Å². The molecule has 0 aliphatic rings. The van der Waals surface area contributed by atoms with Crippen LogP contribution in [0.4, 0.5) is 0 Å². The zero-order valence-electron chi connectivity index (χ0n) is 13.2. The van der Waals surface area contributed by atoms with Crippen molar-refractivity contribution in [1.82, 2.24) is 19.9 Å². The number of ketones is 1. The van der Waals surface area contributed by atoms with E-state index in [0.29, 0.717) is 20.6 Å². The van der Waals surface area contributed by atoms with E-state index in [-0.39, 0.29) is 27.9 Å². The molecule has 0 bridgehead atoms. The predicted molar refractivity (Wildman–Crippen MR) is 99.0 cm³/mol. The standard InChI is InChI=1S/C8H6N2O2S.C7H5N3O2S/c1-4(11)5-2-13-8-6(5)7(12)9-3-10-8;8-5(11)3-1-13-7-4(3)6(12)9-2-10-7/h2-3H,1H3,(H,9,10,12);1-2H,(H2,8,11)(H,9,10,12). The molecule has 11 heteroatoms. The van der Waals surface area contributed by atoms with Crippen LogP contribution in [0.3, 0.4) is 0 Å². The maximum atomic E-state index is 11.3. The Morgan fingerprint density at radius 3 is 1.85 bits per heavy atom. The lowest BCUT2D eigenvalue weighted by molar-refractivity contribution is 0.0998. The molecule has 4 rings (SSSR count). The van der Waals surface area contributed by atoms with Crippen molar-refractivity contribution in [2.75, 3.05) is 0 Å². The molecular formula is C15H11N5O4S2. The largest absolute Gasteiger partial charge is 0.366 e. The highest BCUT2D eigenvalue weighted by Gasteiger charge is 2.12. The minimum atomic E-state index is -0.607. The van der Waals surface area contributed by atoms with Gasteiger partial charge in [-0.15, -0.1) is 22.7 Å². The van der Waals surface area contributed by atoms with Gasteiger partial charge < -0.3 is 15.7 Å². The van der Waals surface area contributed by atoms with Crippen LogP contribution in [0.2, 0.25) is 0 Å². The number of hydrogen-bond acceptors (Lipinski definition) is 8. The number of thiophene rings is 2. The Balaban J connectivity index is 0.000000151. The Kier molecular flexibility index (Phi) is 4.73. The first-order chi connectivity index (χ1) is 12.4. The van der Waals surface area contributed by atoms with Crippen molar-refractivity contribution in [1.29, 1.82) is 0 Å². The van der Waals surface area contributed by atoms with Gasteiger partial charge in [0.25, 0.3) is 11.1 Å². The molecule has 0 spiro atoms. The van der Waals surface area contributed by atoms with Gasteiger partial charge in [0.05, 0.1) is 29.0 Å². The number of nitrogens with two attached hydrogens (primary N) is 1. The molecule has 0 aromatic carbocycles. The van der Waals surface area contributed by atoms with Crippen molar-refractivity contribution in [2.45, 2.75) is 6.92 Å². The summed E-state index contributed by atoms with van der Waals surface area (Å²) in [6.45, 7) is 1.44. The summed E-state index contributed by atoms with van der Waals surface area (Å²) >= 11 is 2.53. The van der Waals surface area contributed by atoms with E-state index in [4.69, 9.17) is 5.73 Å². The monoisotopic (exact) mass is 389 g/mol. The molecule has 4 N–H and O–H groups in total. The number of rotatable bonds is 2. The molecule has 0 saturated carbocycles. The number of primary amides is 1. The summed E-state index contributed by atoms with van der Waals surface area (Å²) in [5.41, 5.74) is 5.18. The van der Waals surface area contributed by atoms with Crippen LogP contribution in [0.25, 0.3) is 20.4 Å². The van der Waals surface area contributed by atoms with Crippen LogP contribution in [0.5, 0.6) is 0 Å². The number of fused-ring (bicyclic) bond motifs is 2. The van der Waals surface area contributed by atoms with E-state index in [1.165, 1.54) is 47.6 Å². The summed E-state index contributed by atoms with van der Waals surface area (Å²) < 4.78 is 0. The number of carbonyl (C=O) groups excluding carboxylic acids is 2. The highest BCUT2D eigenvalue weighted by molar-refractivity contribution is 7.17. The molecule has 1 amide bonds. The third-order valence-corrected chi connectivity index (χ3v) is 5.17. The number of nitrogens with zero attached hydrogens (tertiary/aromatic N) is 2. The Morgan fingerprint density at radius 2 is 1.38 bits per heavy atom. The number of H-pyrrole nitrogens is 2. The van der Waals surface area contributed by atoms with Gasteiger partial charge >= 0.3 is 0 Å². The molecule has 0 unspecified atom stereocenters. The quantitative estimate of drug-likeness (QED) is 0.439. The van der Waals surface area contributed by atoms with E-state index in [9.17, 15) is 19.2 Å². The summed E-state index contributed by atoms with van der Waals surface area (Å²) in [5, 5.41) is 3.88. The molecule has 4 aromatic heterocycles. The number of aromatic nitrogens is 4. The van der Waals surface area contributed by atoms with Crippen molar-refractivity contribution >= 4 is 54.8 Å². The molecule has 0 saturated heterocycles. The summed E-state index contributed by atoms with van der Waals surface area (Å²) in [6, 6.07) is 0. The van der Waals surface area contributed by atoms with Crippen molar-refractivity contribution in [3.05, 3.63) is 55.2 Å². The van der Waals surface area contributed by atoms with Gasteiger partial charge in [-0.05, 0) is 6.92 Å². The molecule has 0 radical (unpaired) electrons. The average Bonchev–Trinajstić information content (AvgIpc) is 3.21. The predicted octanol–water partition coefficient (Wildman–Crippen LogP) is 1.27. The number of carbonyl (C=O) groups is 2. The zero-order chi connectivity index (χ0) is 18.8. The van der Waals surface area contributed by atoms with Crippen LogP contribution >= 0.6 is 22.7 Å². The second-order valence-electron chi connectivity index (χ2n) is 5.04. The molecule has 0 aliphatic carbocycles. The van der Waals surface area contributed by atoms with Crippen LogP contribution in [0.15, 0.2) is 33.0 Å². The van der Waals surface area contributed by atoms with Gasteiger partial charge in [-0.2, -0.15) is 0 Å². The van der Waals surface area contributed by atoms with E-state index in [1.54, 1.807) is 5.38 Å². The van der Waals surface area contributed by atoms with Crippen molar-refractivity contribution in [3.8, 4) is 0 Å². The molecule has 4 aromatic rings. The SMILES string of the molecule is CC(=O)c1csc2nc[nH]c(=O)c12.NC(=O)c1csc2nc[nH]c(=O)c12. The molecule has 0 aliphatic heterocycles.